The van der Waals surface area contributed by atoms with E-state index >= 15 is 0 Å². The third-order valence-electron chi connectivity index (χ3n) is 13.6. The number of hydrogen-bond acceptors (Lipinski definition) is 0. The molecule has 0 bridgehead atoms. The van der Waals surface area contributed by atoms with E-state index in [-0.39, 0.29) is 93.0 Å². The van der Waals surface area contributed by atoms with Gasteiger partial charge < -0.3 is 0 Å². The molecule has 0 N–H and O–H groups in total. The summed E-state index contributed by atoms with van der Waals surface area (Å²) in [5.41, 5.74) is 3.93. The van der Waals surface area contributed by atoms with E-state index in [9.17, 15) is 0 Å². The van der Waals surface area contributed by atoms with Crippen LogP contribution in [0.15, 0.2) is 109 Å². The molecule has 0 aliphatic rings. The Hall–Kier alpha value is -5.85. The molecule has 0 aromatic heterocycles. The highest BCUT2D eigenvalue weighted by atomic mass is 14.3. The minimum Gasteiger partial charge on any atom is -0.110 e. The molecule has 66 heavy (non-hydrogen) atoms. The van der Waals surface area contributed by atoms with Crippen molar-refractivity contribution in [3.63, 3.8) is 0 Å². The highest BCUT2D eigenvalue weighted by Crippen LogP contribution is 2.44. The van der Waals surface area contributed by atoms with Crippen molar-refractivity contribution in [3.05, 3.63) is 109 Å². The van der Waals surface area contributed by atoms with Crippen molar-refractivity contribution >= 4 is 262 Å². The van der Waals surface area contributed by atoms with Crippen molar-refractivity contribution in [2.45, 2.75) is 0 Å². The largest absolute Gasteiger partial charge is 0.115 e. The van der Waals surface area contributed by atoms with Gasteiger partial charge in [-0.15, -0.1) is 21.9 Å². The predicted octanol–water partition coefficient (Wildman–Crippen LogP) is -2.13. The summed E-state index contributed by atoms with van der Waals surface area (Å²) >= 11 is 0. The van der Waals surface area contributed by atoms with Crippen LogP contribution in [0.5, 0.6) is 0 Å². The van der Waals surface area contributed by atoms with Gasteiger partial charge in [-0.3, -0.25) is 0 Å². The van der Waals surface area contributed by atoms with Gasteiger partial charge in [0.05, 0.1) is 0 Å². The Bertz CT molecular complexity index is 3970. The molecular formula is C52H18B14. The zero-order chi connectivity index (χ0) is 46.4. The highest BCUT2D eigenvalue weighted by Gasteiger charge is 2.29. The van der Waals surface area contributed by atoms with Crippen LogP contribution in [0.1, 0.15) is 0 Å². The van der Waals surface area contributed by atoms with E-state index in [1.54, 1.807) is 0 Å². The van der Waals surface area contributed by atoms with Crippen molar-refractivity contribution < 1.29 is 0 Å². The Kier molecular flexibility index (Phi) is 9.95. The van der Waals surface area contributed by atoms with Gasteiger partial charge in [-0.05, 0) is 121 Å². The molecule has 0 saturated carbocycles. The quantitative estimate of drug-likeness (QED) is 0.109. The molecule has 0 unspecified atom stereocenters. The van der Waals surface area contributed by atoms with Crippen LogP contribution in [0.3, 0.4) is 0 Å². The minimum absolute atomic E-state index is 0.0102. The zero-order valence-electron chi connectivity index (χ0n) is 35.5. The van der Waals surface area contributed by atoms with Crippen LogP contribution in [0.4, 0.5) is 0 Å². The molecule has 0 atom stereocenters. The Morgan fingerprint density at radius 2 is 0.485 bits per heavy atom. The van der Waals surface area contributed by atoms with E-state index in [1.807, 2.05) is 84.9 Å². The van der Waals surface area contributed by atoms with Crippen LogP contribution in [0.2, 0.25) is 0 Å². The Morgan fingerprint density at radius 1 is 0.197 bits per heavy atom. The van der Waals surface area contributed by atoms with Crippen molar-refractivity contribution in [1.82, 2.24) is 0 Å². The smallest absolute Gasteiger partial charge is 0.110 e. The Labute approximate surface area is 401 Å². The summed E-state index contributed by atoms with van der Waals surface area (Å²) in [6, 6.07) is 36.1. The first-order chi connectivity index (χ1) is 31.6. The molecule has 0 spiro atoms. The van der Waals surface area contributed by atoms with Crippen LogP contribution < -0.4 is 76.5 Å². The van der Waals surface area contributed by atoms with Crippen LogP contribution in [0, 0.1) is 0 Å². The lowest BCUT2D eigenvalue weighted by atomic mass is 9.57. The molecule has 0 aliphatic heterocycles. The van der Waals surface area contributed by atoms with Crippen molar-refractivity contribution in [2.24, 2.45) is 0 Å². The first-order valence-electron chi connectivity index (χ1n) is 21.0. The van der Waals surface area contributed by atoms with E-state index in [0.717, 1.165) is 48.7 Å². The van der Waals surface area contributed by atoms with Crippen LogP contribution in [-0.4, -0.2) is 110 Å². The number of benzene rings is 11. The Balaban J connectivity index is 1.35. The van der Waals surface area contributed by atoms with Gasteiger partial charge in [-0.25, -0.2) is 0 Å². The first-order valence-corrected chi connectivity index (χ1v) is 21.0. The SMILES string of the molecule is [B]c1c(-c2c3c([B])c([B])c([B])c([B])c3c(-c3cc4ccccc4c4ccccc34)c3c([B])c([B])c([B])c([B])c23)c([B])c2c([B])c([B])c(-c3cc4ccccc4c4ccccc34)c([B])c2c1[B]. The lowest BCUT2D eigenvalue weighted by Gasteiger charge is -2.32. The van der Waals surface area contributed by atoms with Crippen molar-refractivity contribution in [2.75, 3.05) is 0 Å². The molecule has 11 rings (SSSR count). The molecule has 11 aromatic rings. The average molecular weight is 794 g/mol. The summed E-state index contributed by atoms with van der Waals surface area (Å²) in [6.07, 6.45) is 0. The second-order valence-electron chi connectivity index (χ2n) is 16.9. The fourth-order valence-corrected chi connectivity index (χ4v) is 10.5. The monoisotopic (exact) mass is 796 g/mol. The van der Waals surface area contributed by atoms with E-state index < -0.39 is 0 Å². The summed E-state index contributed by atoms with van der Waals surface area (Å²) < 4.78 is 0. The third kappa shape index (κ3) is 5.72. The molecule has 0 nitrogen and oxygen atoms in total. The number of hydrogen-bond donors (Lipinski definition) is 0. The maximum atomic E-state index is 7.41. The van der Waals surface area contributed by atoms with Gasteiger partial charge in [0.25, 0.3) is 0 Å². The third-order valence-corrected chi connectivity index (χ3v) is 13.6. The topological polar surface area (TPSA) is 0 Å². The lowest BCUT2D eigenvalue weighted by Crippen LogP contribution is -2.50. The van der Waals surface area contributed by atoms with Crippen molar-refractivity contribution in [1.29, 1.82) is 0 Å². The Morgan fingerprint density at radius 3 is 0.894 bits per heavy atom. The molecule has 11 aromatic carbocycles. The molecule has 0 fully saturated rings. The van der Waals surface area contributed by atoms with Gasteiger partial charge in [0.15, 0.2) is 0 Å². The highest BCUT2D eigenvalue weighted by molar-refractivity contribution is 6.74. The van der Waals surface area contributed by atoms with Gasteiger partial charge in [-0.2, -0.15) is 0 Å². The summed E-state index contributed by atoms with van der Waals surface area (Å²) in [5.74, 6) is 0. The van der Waals surface area contributed by atoms with Gasteiger partial charge in [0.1, 0.15) is 110 Å². The maximum absolute atomic E-state index is 7.41. The van der Waals surface area contributed by atoms with Crippen LogP contribution in [0.25, 0.3) is 109 Å². The van der Waals surface area contributed by atoms with Crippen LogP contribution >= 0.6 is 0 Å². The molecule has 14 heteroatoms. The number of rotatable bonds is 3. The zero-order valence-corrected chi connectivity index (χ0v) is 35.5. The average Bonchev–Trinajstić information content (AvgIpc) is 3.33. The van der Waals surface area contributed by atoms with Crippen molar-refractivity contribution in [3.8, 4) is 33.4 Å². The normalized spacial score (nSPS) is 11.9. The summed E-state index contributed by atoms with van der Waals surface area (Å²) in [5, 5.41) is 9.58. The molecule has 0 amide bonds. The lowest BCUT2D eigenvalue weighted by molar-refractivity contribution is 1.75. The molecule has 0 saturated heterocycles. The second kappa shape index (κ2) is 15.3. The fourth-order valence-electron chi connectivity index (χ4n) is 10.5. The molecule has 28 radical (unpaired) electrons. The van der Waals surface area contributed by atoms with Gasteiger partial charge in [0, 0.05) is 0 Å². The van der Waals surface area contributed by atoms with E-state index in [2.05, 4.69) is 24.3 Å². The molecule has 0 aliphatic carbocycles. The van der Waals surface area contributed by atoms with Crippen LogP contribution in [-0.2, 0) is 0 Å². The second-order valence-corrected chi connectivity index (χ2v) is 16.9. The van der Waals surface area contributed by atoms with E-state index in [1.165, 1.54) is 0 Å². The van der Waals surface area contributed by atoms with E-state index in [0.29, 0.717) is 43.6 Å². The first kappa shape index (κ1) is 42.8. The van der Waals surface area contributed by atoms with Gasteiger partial charge in [-0.1, -0.05) is 152 Å². The molecule has 268 valence electrons. The van der Waals surface area contributed by atoms with Gasteiger partial charge >= 0.3 is 0 Å². The molecule has 0 heterocycles. The number of fused-ring (bicyclic) bond motifs is 9. The summed E-state index contributed by atoms with van der Waals surface area (Å²) in [7, 11) is 99.0. The maximum Gasteiger partial charge on any atom is 0.115 e. The fraction of sp³-hybridized carbons (Fsp3) is 0. The summed E-state index contributed by atoms with van der Waals surface area (Å²) in [6.45, 7) is 0. The molecular weight excluding hydrogens is 776 g/mol. The standard InChI is InChI=1S/C52H18B14/c53-39-30(28-18-20-10-2-4-12-22(20)24-14-6-8-16-26(24)28)41(55)47(61)38-37(39)48(62)46(60)36(40(38)54)31-34-32(42(56)49(63)51(65)44(34)58)29(33-35(31)45(59)52(66)50(64)43(33)57)27-17-19-9-1-3-11-21(19)23-13-5-7-15-25(23)27/h1-18H. The van der Waals surface area contributed by atoms with Gasteiger partial charge in [0.2, 0.25) is 0 Å². The van der Waals surface area contributed by atoms with E-state index in [4.69, 9.17) is 110 Å². The predicted molar refractivity (Wildman–Crippen MR) is 301 cm³/mol. The minimum atomic E-state index is 0.0102. The summed E-state index contributed by atoms with van der Waals surface area (Å²) in [4.78, 5) is 0.